The van der Waals surface area contributed by atoms with Crippen LogP contribution in [0.1, 0.15) is 50.3 Å². The van der Waals surface area contributed by atoms with Gasteiger partial charge < -0.3 is 19.3 Å². The fraction of sp³-hybridized carbons (Fsp3) is 0.583. The molecule has 3 aliphatic rings. The third kappa shape index (κ3) is 4.09. The van der Waals surface area contributed by atoms with E-state index in [4.69, 9.17) is 14.2 Å². The van der Waals surface area contributed by atoms with Gasteiger partial charge in [-0.3, -0.25) is 9.69 Å². The molecule has 2 aromatic rings. The molecule has 1 aromatic carbocycles. The zero-order valence-electron chi connectivity index (χ0n) is 18.7. The third-order valence-corrected chi connectivity index (χ3v) is 6.82. The molecule has 2 atom stereocenters. The molecule has 4 heterocycles. The maximum Gasteiger partial charge on any atom is 0.266 e. The number of rotatable bonds is 7. The smallest absolute Gasteiger partial charge is 0.266 e. The number of benzene rings is 1. The van der Waals surface area contributed by atoms with Crippen LogP contribution in [0.5, 0.6) is 17.2 Å². The zero-order chi connectivity index (χ0) is 22.3. The van der Waals surface area contributed by atoms with E-state index in [1.165, 1.54) is 10.7 Å². The van der Waals surface area contributed by atoms with Crippen molar-refractivity contribution in [3.63, 3.8) is 0 Å². The third-order valence-electron chi connectivity index (χ3n) is 6.82. The second kappa shape index (κ2) is 8.41. The minimum Gasteiger partial charge on any atom is -0.493 e. The van der Waals surface area contributed by atoms with E-state index in [-0.39, 0.29) is 31.0 Å². The summed E-state index contributed by atoms with van der Waals surface area (Å²) in [7, 11) is 0. The Morgan fingerprint density at radius 1 is 1.19 bits per heavy atom. The Labute approximate surface area is 187 Å². The van der Waals surface area contributed by atoms with Gasteiger partial charge in [-0.2, -0.15) is 5.10 Å². The van der Waals surface area contributed by atoms with Crippen molar-refractivity contribution in [2.75, 3.05) is 13.4 Å². The van der Waals surface area contributed by atoms with E-state index in [1.807, 2.05) is 19.1 Å². The number of hydrogen-bond donors (Lipinski definition) is 1. The van der Waals surface area contributed by atoms with E-state index >= 15 is 0 Å². The first-order valence-corrected chi connectivity index (χ1v) is 11.5. The number of aryl methyl sites for hydroxylation is 1. The Morgan fingerprint density at radius 2 is 1.91 bits per heavy atom. The molecule has 0 aliphatic carbocycles. The average Bonchev–Trinajstić information content (AvgIpc) is 3.31. The largest absolute Gasteiger partial charge is 0.493 e. The molecule has 1 aromatic heterocycles. The van der Waals surface area contributed by atoms with Crippen molar-refractivity contribution in [1.82, 2.24) is 14.7 Å². The van der Waals surface area contributed by atoms with Gasteiger partial charge in [0.05, 0.1) is 24.4 Å². The first-order valence-electron chi connectivity index (χ1n) is 11.5. The Hall–Kier alpha value is -2.58. The first-order chi connectivity index (χ1) is 15.4. The van der Waals surface area contributed by atoms with Gasteiger partial charge in [-0.25, -0.2) is 4.68 Å². The van der Waals surface area contributed by atoms with Crippen molar-refractivity contribution in [3.05, 3.63) is 45.9 Å². The Kier molecular flexibility index (Phi) is 5.59. The van der Waals surface area contributed by atoms with Crippen molar-refractivity contribution in [2.24, 2.45) is 0 Å². The van der Waals surface area contributed by atoms with Crippen LogP contribution < -0.4 is 19.8 Å². The molecule has 172 valence electrons. The lowest BCUT2D eigenvalue weighted by atomic mass is 9.85. The fourth-order valence-corrected chi connectivity index (χ4v) is 5.38. The standard InChI is InChI=1S/C24H31N3O5/c1-3-8-30-20-10-22-21(31-15-32-22)9-17(20)13-26-18-5-6-19(26)12-24(29,11-18)14-27-23(28)7-4-16(2)25-27/h4,7,9-10,18-19,29H,3,5-6,8,11-15H2,1-2H3. The molecule has 2 bridgehead atoms. The topological polar surface area (TPSA) is 86.1 Å². The zero-order valence-corrected chi connectivity index (χ0v) is 18.7. The predicted molar refractivity (Wildman–Crippen MR) is 118 cm³/mol. The highest BCUT2D eigenvalue weighted by molar-refractivity contribution is 5.52. The number of nitrogens with zero attached hydrogens (tertiary/aromatic N) is 3. The fourth-order valence-electron chi connectivity index (χ4n) is 5.38. The lowest BCUT2D eigenvalue weighted by Crippen LogP contribution is -2.53. The normalized spacial score (nSPS) is 26.5. The highest BCUT2D eigenvalue weighted by Gasteiger charge is 2.48. The van der Waals surface area contributed by atoms with Crippen LogP contribution in [0.2, 0.25) is 0 Å². The van der Waals surface area contributed by atoms with Gasteiger partial charge in [0, 0.05) is 36.3 Å². The van der Waals surface area contributed by atoms with E-state index in [0.717, 1.165) is 54.3 Å². The summed E-state index contributed by atoms with van der Waals surface area (Å²) in [6, 6.07) is 7.70. The molecule has 2 fully saturated rings. The average molecular weight is 442 g/mol. The van der Waals surface area contributed by atoms with E-state index in [2.05, 4.69) is 16.9 Å². The first kappa shape index (κ1) is 21.3. The molecule has 8 nitrogen and oxygen atoms in total. The van der Waals surface area contributed by atoms with Crippen LogP contribution >= 0.6 is 0 Å². The van der Waals surface area contributed by atoms with Crippen LogP contribution in [-0.4, -0.2) is 50.9 Å². The molecular formula is C24H31N3O5. The number of piperidine rings is 1. The quantitative estimate of drug-likeness (QED) is 0.707. The lowest BCUT2D eigenvalue weighted by Gasteiger charge is -2.44. The van der Waals surface area contributed by atoms with Crippen LogP contribution in [0.4, 0.5) is 0 Å². The molecule has 8 heteroatoms. The van der Waals surface area contributed by atoms with Gasteiger partial charge in [0.1, 0.15) is 5.75 Å². The number of fused-ring (bicyclic) bond motifs is 3. The summed E-state index contributed by atoms with van der Waals surface area (Å²) < 4.78 is 18.6. The Morgan fingerprint density at radius 3 is 2.62 bits per heavy atom. The number of hydrogen-bond acceptors (Lipinski definition) is 7. The van der Waals surface area contributed by atoms with Crippen molar-refractivity contribution < 1.29 is 19.3 Å². The van der Waals surface area contributed by atoms with Crippen molar-refractivity contribution in [1.29, 1.82) is 0 Å². The number of aromatic nitrogens is 2. The molecule has 0 spiro atoms. The minimum absolute atomic E-state index is 0.170. The maximum absolute atomic E-state index is 12.2. The van der Waals surface area contributed by atoms with Gasteiger partial charge >= 0.3 is 0 Å². The summed E-state index contributed by atoms with van der Waals surface area (Å²) in [4.78, 5) is 14.7. The van der Waals surface area contributed by atoms with Crippen LogP contribution in [0.3, 0.4) is 0 Å². The molecule has 0 amide bonds. The molecule has 0 radical (unpaired) electrons. The molecule has 32 heavy (non-hydrogen) atoms. The van der Waals surface area contributed by atoms with Gasteiger partial charge in [-0.1, -0.05) is 6.92 Å². The van der Waals surface area contributed by atoms with Crippen molar-refractivity contribution >= 4 is 0 Å². The second-order valence-electron chi connectivity index (χ2n) is 9.32. The van der Waals surface area contributed by atoms with Gasteiger partial charge in [0.25, 0.3) is 5.56 Å². The molecule has 1 N–H and O–H groups in total. The molecule has 5 rings (SSSR count). The van der Waals surface area contributed by atoms with E-state index < -0.39 is 5.60 Å². The Balaban J connectivity index is 1.34. The molecule has 0 saturated carbocycles. The predicted octanol–water partition coefficient (Wildman–Crippen LogP) is 2.63. The van der Waals surface area contributed by atoms with Crippen LogP contribution in [0.25, 0.3) is 0 Å². The number of aliphatic hydroxyl groups is 1. The van der Waals surface area contributed by atoms with Gasteiger partial charge in [0.2, 0.25) is 6.79 Å². The van der Waals surface area contributed by atoms with Gasteiger partial charge in [-0.15, -0.1) is 0 Å². The van der Waals surface area contributed by atoms with E-state index in [1.54, 1.807) is 6.07 Å². The summed E-state index contributed by atoms with van der Waals surface area (Å²) in [5.41, 5.74) is 0.762. The SMILES string of the molecule is CCCOc1cc2c(cc1CN1C3CCC1CC(O)(Cn1nc(C)ccc1=O)C3)OCO2. The summed E-state index contributed by atoms with van der Waals surface area (Å²) in [6.07, 6.45) is 4.27. The van der Waals surface area contributed by atoms with Crippen LogP contribution in [0.15, 0.2) is 29.1 Å². The lowest BCUT2D eigenvalue weighted by molar-refractivity contribution is -0.0679. The number of ether oxygens (including phenoxy) is 3. The van der Waals surface area contributed by atoms with E-state index in [9.17, 15) is 9.90 Å². The summed E-state index contributed by atoms with van der Waals surface area (Å²) in [5, 5.41) is 15.7. The van der Waals surface area contributed by atoms with Crippen molar-refractivity contribution in [3.8, 4) is 17.2 Å². The second-order valence-corrected chi connectivity index (χ2v) is 9.32. The van der Waals surface area contributed by atoms with Crippen LogP contribution in [-0.2, 0) is 13.1 Å². The van der Waals surface area contributed by atoms with E-state index in [0.29, 0.717) is 19.4 Å². The summed E-state index contributed by atoms with van der Waals surface area (Å²) in [5.74, 6) is 2.33. The summed E-state index contributed by atoms with van der Waals surface area (Å²) >= 11 is 0. The molecule has 3 aliphatic heterocycles. The van der Waals surface area contributed by atoms with Gasteiger partial charge in [-0.05, 0) is 51.2 Å². The maximum atomic E-state index is 12.2. The van der Waals surface area contributed by atoms with Crippen molar-refractivity contribution in [2.45, 2.75) is 76.7 Å². The minimum atomic E-state index is -0.927. The summed E-state index contributed by atoms with van der Waals surface area (Å²) in [6.45, 7) is 5.81. The van der Waals surface area contributed by atoms with Gasteiger partial charge in [0.15, 0.2) is 11.5 Å². The van der Waals surface area contributed by atoms with Crippen LogP contribution in [0, 0.1) is 6.92 Å². The molecule has 2 saturated heterocycles. The molecule has 2 unspecified atom stereocenters. The molecular weight excluding hydrogens is 410 g/mol. The monoisotopic (exact) mass is 441 g/mol. The highest BCUT2D eigenvalue weighted by atomic mass is 16.7. The highest BCUT2D eigenvalue weighted by Crippen LogP contribution is 2.44. The Bertz CT molecular complexity index is 1040.